The zero-order valence-electron chi connectivity index (χ0n) is 14.4. The molecule has 0 N–H and O–H groups in total. The van der Waals surface area contributed by atoms with E-state index in [-0.39, 0.29) is 5.82 Å². The molecule has 1 saturated heterocycles. The molecule has 0 saturated carbocycles. The lowest BCUT2D eigenvalue weighted by Gasteiger charge is -2.28. The van der Waals surface area contributed by atoms with Crippen molar-refractivity contribution < 1.29 is 8.96 Å². The number of fused-ring (bicyclic) bond motifs is 1. The number of hydrogen-bond donors (Lipinski definition) is 0. The maximum Gasteiger partial charge on any atom is 0.262 e. The van der Waals surface area contributed by atoms with E-state index in [0.29, 0.717) is 0 Å². The number of nitrogens with zero attached hydrogens (tertiary/aromatic N) is 2. The van der Waals surface area contributed by atoms with Crippen LogP contribution in [-0.4, -0.2) is 13.1 Å². The molecule has 1 aliphatic heterocycles. The molecule has 0 aliphatic carbocycles. The average Bonchev–Trinajstić information content (AvgIpc) is 2.97. The molecule has 0 amide bonds. The maximum absolute atomic E-state index is 13.4. The van der Waals surface area contributed by atoms with Gasteiger partial charge >= 0.3 is 0 Å². The first-order valence-electron chi connectivity index (χ1n) is 8.82. The fraction of sp³-hybridized carbons (Fsp3) is 0.286. The number of aryl methyl sites for hydroxylation is 1. The minimum absolute atomic E-state index is 0.190. The van der Waals surface area contributed by atoms with E-state index in [1.807, 2.05) is 17.7 Å². The van der Waals surface area contributed by atoms with Crippen LogP contribution in [0.1, 0.15) is 29.8 Å². The van der Waals surface area contributed by atoms with Crippen LogP contribution in [0.15, 0.2) is 42.5 Å². The van der Waals surface area contributed by atoms with E-state index in [1.165, 1.54) is 49.7 Å². The molecule has 0 spiro atoms. The molecular formula is C21H22FN2S+. The highest BCUT2D eigenvalue weighted by Crippen LogP contribution is 2.24. The van der Waals surface area contributed by atoms with Gasteiger partial charge in [0.1, 0.15) is 17.6 Å². The fourth-order valence-electron chi connectivity index (χ4n) is 3.40. The van der Waals surface area contributed by atoms with Gasteiger partial charge in [0.25, 0.3) is 5.01 Å². The van der Waals surface area contributed by atoms with Crippen LogP contribution in [0.25, 0.3) is 22.4 Å². The molecule has 1 fully saturated rings. The molecule has 2 nitrogen and oxygen atoms in total. The molecule has 2 heterocycles. The summed E-state index contributed by atoms with van der Waals surface area (Å²) in [5.74, 6) is -0.190. The highest BCUT2D eigenvalue weighted by molar-refractivity contribution is 7.18. The van der Waals surface area contributed by atoms with Gasteiger partial charge in [0.2, 0.25) is 5.52 Å². The van der Waals surface area contributed by atoms with E-state index in [2.05, 4.69) is 41.3 Å². The summed E-state index contributed by atoms with van der Waals surface area (Å²) in [5, 5.41) is 1.11. The van der Waals surface area contributed by atoms with Gasteiger partial charge < -0.3 is 4.90 Å². The monoisotopic (exact) mass is 353 g/mol. The van der Waals surface area contributed by atoms with Crippen molar-refractivity contribution in [3.8, 4) is 0 Å². The minimum atomic E-state index is -0.190. The lowest BCUT2D eigenvalue weighted by molar-refractivity contribution is -0.642. The van der Waals surface area contributed by atoms with Gasteiger partial charge in [-0.25, -0.2) is 4.39 Å². The first-order valence-corrected chi connectivity index (χ1v) is 9.63. The number of aromatic nitrogens is 1. The van der Waals surface area contributed by atoms with Gasteiger partial charge in [-0.3, -0.25) is 0 Å². The molecule has 1 aromatic heterocycles. The van der Waals surface area contributed by atoms with E-state index >= 15 is 0 Å². The molecule has 0 bridgehead atoms. The third-order valence-corrected chi connectivity index (χ3v) is 6.04. The lowest BCUT2D eigenvalue weighted by Crippen LogP contribution is -2.29. The van der Waals surface area contributed by atoms with Crippen LogP contribution in [0.3, 0.4) is 0 Å². The summed E-state index contributed by atoms with van der Waals surface area (Å²) in [5.41, 5.74) is 3.44. The number of hydrogen-bond acceptors (Lipinski definition) is 2. The van der Waals surface area contributed by atoms with Crippen molar-refractivity contribution in [3.05, 3.63) is 58.9 Å². The number of piperidine rings is 1. The predicted octanol–water partition coefficient (Wildman–Crippen LogP) is 5.03. The molecule has 128 valence electrons. The molecule has 4 rings (SSSR count). The summed E-state index contributed by atoms with van der Waals surface area (Å²) in [6, 6.07) is 13.7. The van der Waals surface area contributed by atoms with Gasteiger partial charge in [0.05, 0.1) is 0 Å². The Labute approximate surface area is 151 Å². The molecule has 0 radical (unpaired) electrons. The fourth-order valence-corrected chi connectivity index (χ4v) is 4.43. The minimum Gasteiger partial charge on any atom is -0.372 e. The van der Waals surface area contributed by atoms with E-state index in [9.17, 15) is 4.39 Å². The van der Waals surface area contributed by atoms with Crippen molar-refractivity contribution in [2.24, 2.45) is 7.05 Å². The van der Waals surface area contributed by atoms with Crippen molar-refractivity contribution in [1.82, 2.24) is 0 Å². The Kier molecular flexibility index (Phi) is 4.53. The van der Waals surface area contributed by atoms with Crippen LogP contribution in [0.4, 0.5) is 10.1 Å². The lowest BCUT2D eigenvalue weighted by atomic mass is 10.1. The predicted molar refractivity (Wildman–Crippen MR) is 104 cm³/mol. The number of thiazole rings is 1. The first-order chi connectivity index (χ1) is 12.2. The Morgan fingerprint density at radius 2 is 1.76 bits per heavy atom. The molecule has 4 heteroatoms. The van der Waals surface area contributed by atoms with Crippen LogP contribution in [-0.2, 0) is 7.05 Å². The molecule has 3 aromatic rings. The summed E-state index contributed by atoms with van der Waals surface area (Å²) in [6.07, 6.45) is 8.18. The van der Waals surface area contributed by atoms with Crippen molar-refractivity contribution in [1.29, 1.82) is 0 Å². The van der Waals surface area contributed by atoms with E-state index < -0.39 is 0 Å². The Morgan fingerprint density at radius 1 is 1.00 bits per heavy atom. The van der Waals surface area contributed by atoms with Gasteiger partial charge in [0, 0.05) is 30.9 Å². The number of halogens is 1. The SMILES string of the molecule is C[n+]1c(C=Cc2ccc(N3CCCCC3)cc2)sc2ccc(F)cc21. The summed E-state index contributed by atoms with van der Waals surface area (Å²) >= 11 is 1.68. The van der Waals surface area contributed by atoms with Gasteiger partial charge in [-0.15, -0.1) is 0 Å². The molecule has 2 aromatic carbocycles. The number of benzene rings is 2. The Balaban J connectivity index is 1.54. The average molecular weight is 353 g/mol. The van der Waals surface area contributed by atoms with Crippen molar-refractivity contribution >= 4 is 39.4 Å². The second-order valence-electron chi connectivity index (χ2n) is 6.58. The topological polar surface area (TPSA) is 7.12 Å². The Bertz CT molecular complexity index is 906. The smallest absolute Gasteiger partial charge is 0.262 e. The first kappa shape index (κ1) is 16.3. The van der Waals surface area contributed by atoms with Crippen molar-refractivity contribution in [3.63, 3.8) is 0 Å². The van der Waals surface area contributed by atoms with E-state index in [1.54, 1.807) is 17.4 Å². The van der Waals surface area contributed by atoms with Crippen LogP contribution >= 0.6 is 11.3 Å². The Morgan fingerprint density at radius 3 is 2.52 bits per heavy atom. The Hall–Kier alpha value is -2.20. The highest BCUT2D eigenvalue weighted by atomic mass is 32.1. The zero-order chi connectivity index (χ0) is 17.2. The largest absolute Gasteiger partial charge is 0.372 e. The van der Waals surface area contributed by atoms with Crippen LogP contribution < -0.4 is 9.47 Å². The van der Waals surface area contributed by atoms with Crippen LogP contribution in [0, 0.1) is 5.82 Å². The molecule has 0 atom stereocenters. The van der Waals surface area contributed by atoms with Gasteiger partial charge in [-0.1, -0.05) is 23.5 Å². The molecule has 1 aliphatic rings. The van der Waals surface area contributed by atoms with Gasteiger partial charge in [-0.05, 0) is 55.2 Å². The second-order valence-corrected chi connectivity index (χ2v) is 7.65. The second kappa shape index (κ2) is 6.96. The third kappa shape index (κ3) is 3.45. The zero-order valence-corrected chi connectivity index (χ0v) is 15.2. The summed E-state index contributed by atoms with van der Waals surface area (Å²) in [4.78, 5) is 2.47. The van der Waals surface area contributed by atoms with Crippen molar-refractivity contribution in [2.75, 3.05) is 18.0 Å². The molecule has 25 heavy (non-hydrogen) atoms. The third-order valence-electron chi connectivity index (χ3n) is 4.86. The number of rotatable bonds is 3. The summed E-state index contributed by atoms with van der Waals surface area (Å²) < 4.78 is 16.6. The number of anilines is 1. The molecular weight excluding hydrogens is 331 g/mol. The highest BCUT2D eigenvalue weighted by Gasteiger charge is 2.15. The van der Waals surface area contributed by atoms with E-state index in [4.69, 9.17) is 0 Å². The standard InChI is InChI=1S/C21H22FN2S/c1-23-19-15-17(22)8-11-20(19)25-21(23)12-7-16-5-9-18(10-6-16)24-13-3-2-4-14-24/h5-12,15H,2-4,13-14H2,1H3/q+1. The summed E-state index contributed by atoms with van der Waals surface area (Å²) in [6.45, 7) is 2.34. The van der Waals surface area contributed by atoms with Gasteiger partial charge in [0.15, 0.2) is 0 Å². The van der Waals surface area contributed by atoms with Gasteiger partial charge in [-0.2, -0.15) is 4.57 Å². The van der Waals surface area contributed by atoms with Crippen molar-refractivity contribution in [2.45, 2.75) is 19.3 Å². The van der Waals surface area contributed by atoms with Crippen LogP contribution in [0.5, 0.6) is 0 Å². The summed E-state index contributed by atoms with van der Waals surface area (Å²) in [7, 11) is 1.98. The molecule has 0 unspecified atom stereocenters. The normalized spacial score (nSPS) is 15.4. The van der Waals surface area contributed by atoms with E-state index in [0.717, 1.165) is 15.2 Å². The maximum atomic E-state index is 13.4. The quantitative estimate of drug-likeness (QED) is 0.599. The van der Waals surface area contributed by atoms with Crippen LogP contribution in [0.2, 0.25) is 0 Å².